The molecule has 15 heavy (non-hydrogen) atoms. The Bertz CT molecular complexity index is 410. The van der Waals surface area contributed by atoms with Crippen molar-refractivity contribution in [1.82, 2.24) is 4.98 Å². The van der Waals surface area contributed by atoms with E-state index in [2.05, 4.69) is 4.98 Å². The van der Waals surface area contributed by atoms with Crippen LogP contribution in [0.1, 0.15) is 5.56 Å². The van der Waals surface area contributed by atoms with Crippen molar-refractivity contribution in [2.75, 3.05) is 23.7 Å². The zero-order valence-electron chi connectivity index (χ0n) is 8.44. The number of anilines is 2. The molecule has 1 aromatic rings. The van der Waals surface area contributed by atoms with E-state index in [1.165, 1.54) is 0 Å². The zero-order valence-corrected chi connectivity index (χ0v) is 8.44. The molecule has 76 valence electrons. The van der Waals surface area contributed by atoms with E-state index in [1.807, 2.05) is 19.1 Å². The number of pyridine rings is 1. The Kier molecular flexibility index (Phi) is 3.48. The number of nitriles is 2. The molecule has 0 bridgehead atoms. The summed E-state index contributed by atoms with van der Waals surface area (Å²) in [6.07, 6.45) is 1.63. The maximum atomic E-state index is 8.59. The van der Waals surface area contributed by atoms with Crippen molar-refractivity contribution in [2.45, 2.75) is 6.92 Å². The van der Waals surface area contributed by atoms with Gasteiger partial charge in [-0.2, -0.15) is 10.5 Å². The molecule has 0 spiro atoms. The van der Waals surface area contributed by atoms with Crippen LogP contribution in [0.5, 0.6) is 0 Å². The average Bonchev–Trinajstić information content (AvgIpc) is 2.22. The van der Waals surface area contributed by atoms with Gasteiger partial charge in [-0.15, -0.1) is 0 Å². The average molecular weight is 201 g/mol. The summed E-state index contributed by atoms with van der Waals surface area (Å²) in [6, 6.07) is 5.63. The molecule has 5 nitrogen and oxygen atoms in total. The lowest BCUT2D eigenvalue weighted by Crippen LogP contribution is -2.24. The molecule has 0 aromatic carbocycles. The molecule has 0 radical (unpaired) electrons. The second kappa shape index (κ2) is 4.83. The van der Waals surface area contributed by atoms with Crippen LogP contribution in [0.2, 0.25) is 0 Å². The van der Waals surface area contributed by atoms with Gasteiger partial charge in [-0.3, -0.25) is 0 Å². The Morgan fingerprint density at radius 2 is 2.00 bits per heavy atom. The van der Waals surface area contributed by atoms with Gasteiger partial charge in [-0.05, 0) is 12.5 Å². The Morgan fingerprint density at radius 3 is 2.47 bits per heavy atom. The topological polar surface area (TPSA) is 89.7 Å². The van der Waals surface area contributed by atoms with E-state index in [4.69, 9.17) is 16.3 Å². The number of rotatable bonds is 3. The number of nitrogen functional groups attached to an aromatic ring is 1. The fourth-order valence-corrected chi connectivity index (χ4v) is 1.09. The quantitative estimate of drug-likeness (QED) is 0.731. The van der Waals surface area contributed by atoms with Gasteiger partial charge in [-0.25, -0.2) is 4.98 Å². The summed E-state index contributed by atoms with van der Waals surface area (Å²) in [5, 5.41) is 17.2. The summed E-state index contributed by atoms with van der Waals surface area (Å²) >= 11 is 0. The SMILES string of the molecule is Cc1cnc(N(CC#N)CC#N)cc1N. The Labute approximate surface area is 88.4 Å². The molecule has 0 fully saturated rings. The molecule has 0 unspecified atom stereocenters. The van der Waals surface area contributed by atoms with Gasteiger partial charge in [0.05, 0.1) is 12.1 Å². The number of aromatic nitrogens is 1. The highest BCUT2D eigenvalue weighted by Crippen LogP contribution is 2.16. The second-order valence-corrected chi connectivity index (χ2v) is 3.07. The van der Waals surface area contributed by atoms with E-state index in [-0.39, 0.29) is 13.1 Å². The van der Waals surface area contributed by atoms with E-state index in [9.17, 15) is 0 Å². The Hall–Kier alpha value is -2.27. The highest BCUT2D eigenvalue weighted by molar-refractivity contribution is 5.55. The summed E-state index contributed by atoms with van der Waals surface area (Å²) in [7, 11) is 0. The van der Waals surface area contributed by atoms with Crippen LogP contribution < -0.4 is 10.6 Å². The van der Waals surface area contributed by atoms with Crippen LogP contribution in [-0.2, 0) is 0 Å². The lowest BCUT2D eigenvalue weighted by molar-refractivity contribution is 0.934. The van der Waals surface area contributed by atoms with Crippen LogP contribution in [0.4, 0.5) is 11.5 Å². The van der Waals surface area contributed by atoms with Crippen molar-refractivity contribution < 1.29 is 0 Å². The third-order valence-corrected chi connectivity index (χ3v) is 1.98. The van der Waals surface area contributed by atoms with Gasteiger partial charge < -0.3 is 10.6 Å². The standard InChI is InChI=1S/C10H11N5/c1-8-7-14-10(6-9(8)13)15(4-2-11)5-3-12/h6-7H,4-5H2,1H3,(H2,13,14). The van der Waals surface area contributed by atoms with Gasteiger partial charge in [0.15, 0.2) is 0 Å². The molecule has 1 rings (SSSR count). The minimum Gasteiger partial charge on any atom is -0.398 e. The molecule has 0 amide bonds. The van der Waals surface area contributed by atoms with Gasteiger partial charge in [0.1, 0.15) is 18.9 Å². The van der Waals surface area contributed by atoms with Gasteiger partial charge >= 0.3 is 0 Å². The summed E-state index contributed by atoms with van der Waals surface area (Å²) in [4.78, 5) is 5.69. The molecule has 0 saturated heterocycles. The maximum Gasteiger partial charge on any atom is 0.132 e. The van der Waals surface area contributed by atoms with E-state index in [1.54, 1.807) is 17.2 Å². The fourth-order valence-electron chi connectivity index (χ4n) is 1.09. The van der Waals surface area contributed by atoms with Crippen molar-refractivity contribution in [1.29, 1.82) is 10.5 Å². The van der Waals surface area contributed by atoms with Crippen molar-refractivity contribution in [2.24, 2.45) is 0 Å². The minimum absolute atomic E-state index is 0.128. The lowest BCUT2D eigenvalue weighted by atomic mass is 10.2. The molecule has 0 atom stereocenters. The van der Waals surface area contributed by atoms with E-state index >= 15 is 0 Å². The molecular weight excluding hydrogens is 190 g/mol. The number of hydrogen-bond donors (Lipinski definition) is 1. The first-order valence-electron chi connectivity index (χ1n) is 4.40. The van der Waals surface area contributed by atoms with Gasteiger partial charge in [0, 0.05) is 18.0 Å². The third kappa shape index (κ3) is 2.58. The molecule has 2 N–H and O–H groups in total. The molecule has 0 aliphatic carbocycles. The number of nitrogens with two attached hydrogens (primary N) is 1. The monoisotopic (exact) mass is 201 g/mol. The van der Waals surface area contributed by atoms with Gasteiger partial charge in [0.2, 0.25) is 0 Å². The van der Waals surface area contributed by atoms with E-state index < -0.39 is 0 Å². The normalized spacial score (nSPS) is 9.00. The van der Waals surface area contributed by atoms with E-state index in [0.717, 1.165) is 5.56 Å². The first-order valence-corrected chi connectivity index (χ1v) is 4.40. The molecule has 0 aliphatic rings. The van der Waals surface area contributed by atoms with Crippen LogP contribution >= 0.6 is 0 Å². The highest BCUT2D eigenvalue weighted by atomic mass is 15.2. The van der Waals surface area contributed by atoms with Gasteiger partial charge in [-0.1, -0.05) is 0 Å². The molecule has 1 aromatic heterocycles. The maximum absolute atomic E-state index is 8.59. The van der Waals surface area contributed by atoms with Crippen molar-refractivity contribution in [3.05, 3.63) is 17.8 Å². The first-order chi connectivity index (χ1) is 7.19. The van der Waals surface area contributed by atoms with Crippen LogP contribution in [0.25, 0.3) is 0 Å². The number of nitrogens with zero attached hydrogens (tertiary/aromatic N) is 4. The molecule has 5 heteroatoms. The summed E-state index contributed by atoms with van der Waals surface area (Å²) < 4.78 is 0. The van der Waals surface area contributed by atoms with Crippen LogP contribution in [0.15, 0.2) is 12.3 Å². The Balaban J connectivity index is 2.97. The number of aryl methyl sites for hydroxylation is 1. The van der Waals surface area contributed by atoms with Crippen molar-refractivity contribution >= 4 is 11.5 Å². The van der Waals surface area contributed by atoms with Crippen molar-refractivity contribution in [3.63, 3.8) is 0 Å². The summed E-state index contributed by atoms with van der Waals surface area (Å²) in [5.41, 5.74) is 7.21. The van der Waals surface area contributed by atoms with Crippen LogP contribution in [-0.4, -0.2) is 18.1 Å². The third-order valence-electron chi connectivity index (χ3n) is 1.98. The summed E-state index contributed by atoms with van der Waals surface area (Å²) in [5.74, 6) is 0.557. The van der Waals surface area contributed by atoms with Gasteiger partial charge in [0.25, 0.3) is 0 Å². The molecule has 0 aliphatic heterocycles. The molecular formula is C10H11N5. The van der Waals surface area contributed by atoms with Crippen LogP contribution in [0, 0.1) is 29.6 Å². The van der Waals surface area contributed by atoms with Crippen molar-refractivity contribution in [3.8, 4) is 12.1 Å². The summed E-state index contributed by atoms with van der Waals surface area (Å²) in [6.45, 7) is 2.11. The number of hydrogen-bond acceptors (Lipinski definition) is 5. The predicted octanol–water partition coefficient (Wildman–Crippen LogP) is 0.826. The molecule has 0 saturated carbocycles. The largest absolute Gasteiger partial charge is 0.398 e. The Morgan fingerprint density at radius 1 is 1.40 bits per heavy atom. The van der Waals surface area contributed by atoms with E-state index in [0.29, 0.717) is 11.5 Å². The fraction of sp³-hybridized carbons (Fsp3) is 0.300. The molecule has 1 heterocycles. The second-order valence-electron chi connectivity index (χ2n) is 3.07. The zero-order chi connectivity index (χ0) is 11.3. The first kappa shape index (κ1) is 10.8. The smallest absolute Gasteiger partial charge is 0.132 e. The lowest BCUT2D eigenvalue weighted by Gasteiger charge is -2.17. The van der Waals surface area contributed by atoms with Crippen LogP contribution in [0.3, 0.4) is 0 Å². The minimum atomic E-state index is 0.128. The highest BCUT2D eigenvalue weighted by Gasteiger charge is 2.07. The predicted molar refractivity (Wildman–Crippen MR) is 56.8 cm³/mol.